The van der Waals surface area contributed by atoms with Crippen LogP contribution in [-0.4, -0.2) is 19.7 Å². The molecule has 0 bridgehead atoms. The molecule has 0 radical (unpaired) electrons. The number of aromatic amines is 1. The van der Waals surface area contributed by atoms with Gasteiger partial charge in [0, 0.05) is 40.6 Å². The summed E-state index contributed by atoms with van der Waals surface area (Å²) < 4.78 is 2.12. The molecule has 0 spiro atoms. The van der Waals surface area contributed by atoms with Gasteiger partial charge < -0.3 is 9.47 Å². The number of aryl methyl sites for hydroxylation is 2. The predicted molar refractivity (Wildman–Crippen MR) is 151 cm³/mol. The number of anilines is 3. The van der Waals surface area contributed by atoms with Crippen molar-refractivity contribution >= 4 is 17.1 Å². The van der Waals surface area contributed by atoms with Crippen molar-refractivity contribution < 1.29 is 0 Å². The molecule has 0 aliphatic carbocycles. The maximum absolute atomic E-state index is 4.77. The van der Waals surface area contributed by atoms with Crippen LogP contribution in [0.2, 0.25) is 0 Å². The third-order valence-corrected chi connectivity index (χ3v) is 6.63. The molecule has 2 heterocycles. The first-order chi connectivity index (χ1) is 18.2. The first kappa shape index (κ1) is 22.6. The molecule has 6 aromatic rings. The Bertz CT molecular complexity index is 1630. The molecule has 5 heteroatoms. The van der Waals surface area contributed by atoms with Crippen LogP contribution < -0.4 is 4.90 Å². The van der Waals surface area contributed by atoms with Gasteiger partial charge in [-0.25, -0.2) is 4.98 Å². The summed E-state index contributed by atoms with van der Waals surface area (Å²) in [5, 5.41) is 7.04. The Morgan fingerprint density at radius 1 is 0.676 bits per heavy atom. The number of nitrogens with zero attached hydrogens (tertiary/aromatic N) is 4. The Morgan fingerprint density at radius 2 is 1.32 bits per heavy atom. The summed E-state index contributed by atoms with van der Waals surface area (Å²) in [5.41, 5.74) is 11.0. The number of imidazole rings is 1. The summed E-state index contributed by atoms with van der Waals surface area (Å²) in [6.07, 6.45) is 7.78. The third kappa shape index (κ3) is 4.43. The summed E-state index contributed by atoms with van der Waals surface area (Å²) >= 11 is 0. The van der Waals surface area contributed by atoms with E-state index in [1.54, 1.807) is 0 Å². The molecule has 0 saturated heterocycles. The van der Waals surface area contributed by atoms with Crippen molar-refractivity contribution in [1.29, 1.82) is 0 Å². The Morgan fingerprint density at radius 3 is 2.03 bits per heavy atom. The van der Waals surface area contributed by atoms with E-state index in [0.29, 0.717) is 0 Å². The maximum Gasteiger partial charge on any atom is 0.0999 e. The number of aromatic nitrogens is 4. The van der Waals surface area contributed by atoms with Gasteiger partial charge in [0.15, 0.2) is 0 Å². The molecule has 5 nitrogen and oxygen atoms in total. The van der Waals surface area contributed by atoms with Gasteiger partial charge in [0.1, 0.15) is 0 Å². The van der Waals surface area contributed by atoms with E-state index in [9.17, 15) is 0 Å². The number of hydrogen-bond acceptors (Lipinski definition) is 3. The zero-order valence-electron chi connectivity index (χ0n) is 20.8. The lowest BCUT2D eigenvalue weighted by Gasteiger charge is -2.26. The predicted octanol–water partition coefficient (Wildman–Crippen LogP) is 8.02. The molecule has 0 saturated carbocycles. The molecule has 6 rings (SSSR count). The van der Waals surface area contributed by atoms with Crippen LogP contribution in [0.5, 0.6) is 0 Å². The Labute approximate surface area is 216 Å². The zero-order valence-corrected chi connectivity index (χ0v) is 20.8. The molecule has 0 fully saturated rings. The highest BCUT2D eigenvalue weighted by atomic mass is 15.1. The van der Waals surface area contributed by atoms with E-state index >= 15 is 0 Å². The fraction of sp³-hybridized carbons (Fsp3) is 0.0625. The van der Waals surface area contributed by atoms with E-state index in [2.05, 4.69) is 131 Å². The van der Waals surface area contributed by atoms with Crippen LogP contribution in [0.1, 0.15) is 11.1 Å². The SMILES string of the molecule is Cc1cccc(C)c1-n1cnc(-c2cccc(N(c3ccccc3)c3cccc(-c4cn[nH]c4)c3)c2)c1. The number of benzene rings is 4. The maximum atomic E-state index is 4.77. The average Bonchev–Trinajstić information content (AvgIpc) is 3.63. The molecule has 180 valence electrons. The first-order valence-electron chi connectivity index (χ1n) is 12.3. The average molecular weight is 482 g/mol. The highest BCUT2D eigenvalue weighted by molar-refractivity contribution is 5.81. The smallest absolute Gasteiger partial charge is 0.0999 e. The van der Waals surface area contributed by atoms with Gasteiger partial charge in [-0.3, -0.25) is 5.10 Å². The van der Waals surface area contributed by atoms with Gasteiger partial charge in [-0.1, -0.05) is 60.7 Å². The Kier molecular flexibility index (Phi) is 5.87. The van der Waals surface area contributed by atoms with E-state index in [4.69, 9.17) is 4.98 Å². The highest BCUT2D eigenvalue weighted by Crippen LogP contribution is 2.37. The minimum Gasteiger partial charge on any atom is -0.310 e. The lowest BCUT2D eigenvalue weighted by atomic mass is 10.1. The van der Waals surface area contributed by atoms with Gasteiger partial charge >= 0.3 is 0 Å². The highest BCUT2D eigenvalue weighted by Gasteiger charge is 2.15. The molecule has 0 aliphatic heterocycles. The van der Waals surface area contributed by atoms with Crippen LogP contribution in [0, 0.1) is 13.8 Å². The minimum atomic E-state index is 0.935. The number of H-pyrrole nitrogens is 1. The standard InChI is InChI=1S/C32H27N5/c1-23-9-6-10-24(2)32(23)36-21-31(33-22-36)26-12-8-16-30(18-26)37(28-13-4-3-5-14-28)29-15-7-11-25(17-29)27-19-34-35-20-27/h3-22H,1-2H3,(H,34,35). The number of para-hydroxylation sites is 2. The van der Waals surface area contributed by atoms with Gasteiger partial charge in [0.05, 0.1) is 23.9 Å². The van der Waals surface area contributed by atoms with Crippen molar-refractivity contribution in [2.24, 2.45) is 0 Å². The molecule has 0 aliphatic rings. The van der Waals surface area contributed by atoms with Crippen molar-refractivity contribution in [1.82, 2.24) is 19.7 Å². The monoisotopic (exact) mass is 481 g/mol. The number of rotatable bonds is 6. The minimum absolute atomic E-state index is 0.935. The molecule has 0 unspecified atom stereocenters. The van der Waals surface area contributed by atoms with Gasteiger partial charge in [-0.05, 0) is 66.9 Å². The van der Waals surface area contributed by atoms with E-state index < -0.39 is 0 Å². The molecule has 0 amide bonds. The third-order valence-electron chi connectivity index (χ3n) is 6.63. The summed E-state index contributed by atoms with van der Waals surface area (Å²) in [6, 6.07) is 33.9. The van der Waals surface area contributed by atoms with Crippen molar-refractivity contribution in [3.8, 4) is 28.1 Å². The van der Waals surface area contributed by atoms with Crippen LogP contribution in [0.25, 0.3) is 28.1 Å². The van der Waals surface area contributed by atoms with Gasteiger partial charge in [-0.15, -0.1) is 0 Å². The second-order valence-corrected chi connectivity index (χ2v) is 9.17. The lowest BCUT2D eigenvalue weighted by Crippen LogP contribution is -2.10. The molecule has 1 N–H and O–H groups in total. The van der Waals surface area contributed by atoms with Gasteiger partial charge in [-0.2, -0.15) is 5.10 Å². The van der Waals surface area contributed by atoms with Crippen molar-refractivity contribution in [2.75, 3.05) is 4.90 Å². The fourth-order valence-corrected chi connectivity index (χ4v) is 4.87. The molecule has 37 heavy (non-hydrogen) atoms. The second kappa shape index (κ2) is 9.63. The lowest BCUT2D eigenvalue weighted by molar-refractivity contribution is 1.02. The van der Waals surface area contributed by atoms with E-state index in [-0.39, 0.29) is 0 Å². The number of hydrogen-bond donors (Lipinski definition) is 1. The van der Waals surface area contributed by atoms with Crippen LogP contribution in [-0.2, 0) is 0 Å². The molecule has 4 aromatic carbocycles. The summed E-state index contributed by atoms with van der Waals surface area (Å²) in [6.45, 7) is 4.27. The first-order valence-corrected chi connectivity index (χ1v) is 12.3. The molecule has 2 aromatic heterocycles. The Hall–Kier alpha value is -4.90. The van der Waals surface area contributed by atoms with Crippen molar-refractivity contribution in [2.45, 2.75) is 13.8 Å². The van der Waals surface area contributed by atoms with Crippen LogP contribution in [0.3, 0.4) is 0 Å². The molecular weight excluding hydrogens is 454 g/mol. The van der Waals surface area contributed by atoms with Gasteiger partial charge in [0.2, 0.25) is 0 Å². The largest absolute Gasteiger partial charge is 0.310 e. The van der Waals surface area contributed by atoms with Crippen molar-refractivity contribution in [3.05, 3.63) is 133 Å². The van der Waals surface area contributed by atoms with Gasteiger partial charge in [0.25, 0.3) is 0 Å². The van der Waals surface area contributed by atoms with Crippen LogP contribution >= 0.6 is 0 Å². The summed E-state index contributed by atoms with van der Waals surface area (Å²) in [7, 11) is 0. The van der Waals surface area contributed by atoms with Crippen LogP contribution in [0.4, 0.5) is 17.1 Å². The van der Waals surface area contributed by atoms with Crippen molar-refractivity contribution in [3.63, 3.8) is 0 Å². The second-order valence-electron chi connectivity index (χ2n) is 9.17. The normalized spacial score (nSPS) is 11.0. The quantitative estimate of drug-likeness (QED) is 0.262. The van der Waals surface area contributed by atoms with E-state index in [0.717, 1.165) is 39.4 Å². The Balaban J connectivity index is 1.43. The fourth-order valence-electron chi connectivity index (χ4n) is 4.87. The summed E-state index contributed by atoms with van der Waals surface area (Å²) in [4.78, 5) is 7.05. The van der Waals surface area contributed by atoms with E-state index in [1.807, 2.05) is 24.8 Å². The molecular formula is C32H27N5. The summed E-state index contributed by atoms with van der Waals surface area (Å²) in [5.74, 6) is 0. The van der Waals surface area contributed by atoms with E-state index in [1.165, 1.54) is 16.8 Å². The molecule has 0 atom stereocenters. The zero-order chi connectivity index (χ0) is 25.2. The topological polar surface area (TPSA) is 49.7 Å². The van der Waals surface area contributed by atoms with Crippen LogP contribution in [0.15, 0.2) is 122 Å². The number of nitrogens with one attached hydrogen (secondary N) is 1.